The molecular weight excluding hydrogens is 356 g/mol. The fourth-order valence-corrected chi connectivity index (χ4v) is 3.74. The molecule has 2 aliphatic rings. The number of carbonyl (C=O) groups is 1. The predicted octanol–water partition coefficient (Wildman–Crippen LogP) is 1.21. The molecule has 9 heteroatoms. The first-order valence-electron chi connectivity index (χ1n) is 8.98. The third kappa shape index (κ3) is 3.57. The van der Waals surface area contributed by atoms with E-state index in [9.17, 15) is 18.7 Å². The average molecular weight is 377 g/mol. The van der Waals surface area contributed by atoms with Gasteiger partial charge >= 0.3 is 0 Å². The second kappa shape index (κ2) is 6.97. The van der Waals surface area contributed by atoms with Gasteiger partial charge in [-0.1, -0.05) is 29.5 Å². The zero-order valence-corrected chi connectivity index (χ0v) is 14.7. The molecule has 1 amide bonds. The number of alkyl halides is 2. The van der Waals surface area contributed by atoms with Crippen LogP contribution < -0.4 is 5.32 Å². The van der Waals surface area contributed by atoms with Crippen molar-refractivity contribution in [1.82, 2.24) is 25.2 Å². The first-order valence-corrected chi connectivity index (χ1v) is 8.98. The highest BCUT2D eigenvalue weighted by molar-refractivity contribution is 5.82. The monoisotopic (exact) mass is 377 g/mol. The molecule has 1 aromatic heterocycles. The van der Waals surface area contributed by atoms with E-state index >= 15 is 0 Å². The highest BCUT2D eigenvalue weighted by Crippen LogP contribution is 2.29. The molecule has 144 valence electrons. The van der Waals surface area contributed by atoms with Crippen LogP contribution in [-0.2, 0) is 11.4 Å². The van der Waals surface area contributed by atoms with Gasteiger partial charge in [-0.3, -0.25) is 4.79 Å². The molecule has 2 aromatic rings. The molecule has 0 aliphatic carbocycles. The molecule has 0 unspecified atom stereocenters. The molecule has 2 fully saturated rings. The van der Waals surface area contributed by atoms with Crippen LogP contribution in [0.1, 0.15) is 24.4 Å². The Morgan fingerprint density at radius 2 is 2.19 bits per heavy atom. The van der Waals surface area contributed by atoms with Crippen molar-refractivity contribution < 1.29 is 18.7 Å². The quantitative estimate of drug-likeness (QED) is 0.837. The minimum atomic E-state index is -2.78. The lowest BCUT2D eigenvalue weighted by atomic mass is 10.1. The number of hydrogen-bond donors (Lipinski definition) is 2. The smallest absolute Gasteiger partial charge is 0.267 e. The van der Waals surface area contributed by atoms with E-state index in [1.807, 2.05) is 24.3 Å². The summed E-state index contributed by atoms with van der Waals surface area (Å²) in [5.41, 5.74) is 2.22. The van der Waals surface area contributed by atoms with E-state index in [1.165, 1.54) is 4.90 Å². The van der Waals surface area contributed by atoms with E-state index in [1.54, 1.807) is 10.9 Å². The van der Waals surface area contributed by atoms with Crippen molar-refractivity contribution in [2.75, 3.05) is 19.6 Å². The first-order chi connectivity index (χ1) is 13.0. The van der Waals surface area contributed by atoms with Gasteiger partial charge in [0.15, 0.2) is 0 Å². The lowest BCUT2D eigenvalue weighted by Gasteiger charge is -2.20. The number of aromatic nitrogens is 3. The summed E-state index contributed by atoms with van der Waals surface area (Å²) in [5, 5.41) is 20.9. The zero-order chi connectivity index (χ0) is 19.0. The van der Waals surface area contributed by atoms with Crippen LogP contribution in [0.5, 0.6) is 0 Å². The van der Waals surface area contributed by atoms with Crippen molar-refractivity contribution in [2.45, 2.75) is 37.5 Å². The Morgan fingerprint density at radius 3 is 2.93 bits per heavy atom. The van der Waals surface area contributed by atoms with Gasteiger partial charge in [-0.25, -0.2) is 13.5 Å². The largest absolute Gasteiger partial charge is 0.392 e. The predicted molar refractivity (Wildman–Crippen MR) is 93.0 cm³/mol. The number of likely N-dealkylation sites (tertiary alicyclic amines) is 1. The summed E-state index contributed by atoms with van der Waals surface area (Å²) < 4.78 is 28.4. The number of benzene rings is 1. The van der Waals surface area contributed by atoms with Gasteiger partial charge < -0.3 is 15.3 Å². The molecule has 4 rings (SSSR count). The Bertz CT molecular complexity index is 841. The summed E-state index contributed by atoms with van der Waals surface area (Å²) in [7, 11) is 0. The number of amides is 1. The van der Waals surface area contributed by atoms with Crippen molar-refractivity contribution in [3.05, 3.63) is 36.0 Å². The van der Waals surface area contributed by atoms with Crippen LogP contribution in [0, 0.1) is 0 Å². The van der Waals surface area contributed by atoms with E-state index in [-0.39, 0.29) is 31.5 Å². The molecule has 0 radical (unpaired) electrons. The van der Waals surface area contributed by atoms with Gasteiger partial charge in [-0.15, -0.1) is 5.10 Å². The number of aliphatic hydroxyl groups excluding tert-OH is 1. The van der Waals surface area contributed by atoms with E-state index in [4.69, 9.17) is 0 Å². The van der Waals surface area contributed by atoms with E-state index < -0.39 is 18.5 Å². The van der Waals surface area contributed by atoms with Gasteiger partial charge in [0.05, 0.1) is 31.4 Å². The minimum Gasteiger partial charge on any atom is -0.392 e. The topological polar surface area (TPSA) is 83.3 Å². The average Bonchev–Trinajstić information content (AvgIpc) is 3.40. The van der Waals surface area contributed by atoms with E-state index in [0.29, 0.717) is 18.7 Å². The summed E-state index contributed by atoms with van der Waals surface area (Å²) in [5.74, 6) is -3.06. The number of rotatable bonds is 4. The summed E-state index contributed by atoms with van der Waals surface area (Å²) in [6, 6.07) is 6.84. The summed E-state index contributed by atoms with van der Waals surface area (Å²) in [6.45, 7) is 0.0241. The lowest BCUT2D eigenvalue weighted by Crippen LogP contribution is -2.43. The van der Waals surface area contributed by atoms with Crippen molar-refractivity contribution in [3.8, 4) is 11.3 Å². The Labute approximate surface area is 155 Å². The lowest BCUT2D eigenvalue weighted by molar-refractivity contribution is -0.133. The van der Waals surface area contributed by atoms with Crippen molar-refractivity contribution in [2.24, 2.45) is 0 Å². The maximum Gasteiger partial charge on any atom is 0.267 e. The molecule has 2 aliphatic heterocycles. The zero-order valence-electron chi connectivity index (χ0n) is 14.7. The van der Waals surface area contributed by atoms with Crippen LogP contribution in [0.15, 0.2) is 30.5 Å². The Balaban J connectivity index is 1.44. The van der Waals surface area contributed by atoms with E-state index in [2.05, 4.69) is 15.6 Å². The second-order valence-electron chi connectivity index (χ2n) is 7.12. The minimum absolute atomic E-state index is 0.0791. The molecule has 0 saturated carbocycles. The van der Waals surface area contributed by atoms with Crippen LogP contribution in [-0.4, -0.2) is 62.5 Å². The third-order valence-corrected chi connectivity index (χ3v) is 5.24. The summed E-state index contributed by atoms with van der Waals surface area (Å²) >= 11 is 0. The summed E-state index contributed by atoms with van der Waals surface area (Å²) in [6.07, 6.45) is 1.99. The molecule has 3 heterocycles. The van der Waals surface area contributed by atoms with Crippen LogP contribution >= 0.6 is 0 Å². The van der Waals surface area contributed by atoms with Crippen molar-refractivity contribution in [3.63, 3.8) is 0 Å². The Hall–Kier alpha value is -2.39. The van der Waals surface area contributed by atoms with Gasteiger partial charge in [0.2, 0.25) is 5.91 Å². The molecule has 2 saturated heterocycles. The number of nitrogens with one attached hydrogen (secondary N) is 1. The number of aliphatic hydroxyl groups is 1. The first kappa shape index (κ1) is 18.0. The van der Waals surface area contributed by atoms with Crippen LogP contribution in [0.2, 0.25) is 0 Å². The Morgan fingerprint density at radius 1 is 1.37 bits per heavy atom. The molecule has 27 heavy (non-hydrogen) atoms. The van der Waals surface area contributed by atoms with Crippen LogP contribution in [0.4, 0.5) is 8.78 Å². The van der Waals surface area contributed by atoms with Gasteiger partial charge in [0, 0.05) is 25.1 Å². The van der Waals surface area contributed by atoms with Crippen LogP contribution in [0.3, 0.4) is 0 Å². The highest BCUT2D eigenvalue weighted by atomic mass is 19.3. The van der Waals surface area contributed by atoms with Gasteiger partial charge in [0.1, 0.15) is 5.69 Å². The van der Waals surface area contributed by atoms with Crippen molar-refractivity contribution >= 4 is 5.91 Å². The van der Waals surface area contributed by atoms with Crippen molar-refractivity contribution in [1.29, 1.82) is 0 Å². The molecule has 2 atom stereocenters. The molecule has 0 spiro atoms. The number of hydrogen-bond acceptors (Lipinski definition) is 5. The fourth-order valence-electron chi connectivity index (χ4n) is 3.74. The molecule has 0 bridgehead atoms. The van der Waals surface area contributed by atoms with Crippen LogP contribution in [0.25, 0.3) is 11.3 Å². The second-order valence-corrected chi connectivity index (χ2v) is 7.12. The summed E-state index contributed by atoms with van der Waals surface area (Å²) in [4.78, 5) is 13.7. The molecule has 1 aromatic carbocycles. The van der Waals surface area contributed by atoms with Gasteiger partial charge in [-0.2, -0.15) is 0 Å². The number of carbonyl (C=O) groups excluding carboxylic acids is 1. The Kier molecular flexibility index (Phi) is 4.65. The molecule has 7 nitrogen and oxygen atoms in total. The normalized spacial score (nSPS) is 24.5. The standard InChI is InChI=1S/C18H21F2N5O2/c19-18(20)5-6-24(11-18)17(27)15-7-13(8-21-15)25-9-16(22-23-25)14-4-2-1-3-12(14)10-26/h1-4,9,13,15,21,26H,5-8,10-11H2/t13-,15-/m0/s1. The molecule has 2 N–H and O–H groups in total. The maximum absolute atomic E-state index is 13.4. The number of nitrogens with zero attached hydrogens (tertiary/aromatic N) is 4. The maximum atomic E-state index is 13.4. The van der Waals surface area contributed by atoms with Gasteiger partial charge in [0.25, 0.3) is 5.92 Å². The highest BCUT2D eigenvalue weighted by Gasteiger charge is 2.43. The third-order valence-electron chi connectivity index (χ3n) is 5.24. The number of halogens is 2. The fraction of sp³-hybridized carbons (Fsp3) is 0.500. The van der Waals surface area contributed by atoms with E-state index in [0.717, 1.165) is 11.1 Å². The SMILES string of the molecule is O=C([C@@H]1C[C@H](n2cc(-c3ccccc3CO)nn2)CN1)N1CCC(F)(F)C1. The molecular formula is C18H21F2N5O2. The van der Waals surface area contributed by atoms with Gasteiger partial charge in [-0.05, 0) is 12.0 Å².